The molecule has 10 nitrogen and oxygen atoms in total. The zero-order chi connectivity index (χ0) is 21.0. The number of nitrogens with zero attached hydrogens (tertiary/aromatic N) is 2. The third-order valence-electron chi connectivity index (χ3n) is 2.28. The van der Waals surface area contributed by atoms with E-state index in [1.54, 1.807) is 36.7 Å². The van der Waals surface area contributed by atoms with Gasteiger partial charge in [-0.15, -0.1) is 0 Å². The fourth-order valence-electron chi connectivity index (χ4n) is 1.43. The van der Waals surface area contributed by atoms with Gasteiger partial charge in [-0.05, 0) is 35.4 Å². The predicted octanol–water partition coefficient (Wildman–Crippen LogP) is 0.526. The molecule has 0 saturated carbocycles. The van der Waals surface area contributed by atoms with Gasteiger partial charge in [-0.1, -0.05) is 0 Å². The summed E-state index contributed by atoms with van der Waals surface area (Å²) in [7, 11) is 0. The van der Waals surface area contributed by atoms with E-state index in [0.29, 0.717) is 11.4 Å². The number of aliphatic hydroxyl groups excluding tert-OH is 2. The van der Waals surface area contributed by atoms with E-state index in [4.69, 9.17) is 39.6 Å². The van der Waals surface area contributed by atoms with E-state index >= 15 is 0 Å². The summed E-state index contributed by atoms with van der Waals surface area (Å²) in [6, 6.07) is 7.06. The second-order valence-electron chi connectivity index (χ2n) is 3.70. The zero-order valence-electron chi connectivity index (χ0n) is 13.8. The largest absolute Gasteiger partial charge is 0.545 e. The Kier molecular flexibility index (Phi) is 27.4. The van der Waals surface area contributed by atoms with Crippen LogP contribution in [0.1, 0.15) is 11.1 Å². The molecular formula is C16H17N2O8Re-3. The molecule has 0 aromatic carbocycles. The number of pyridine rings is 2. The molecule has 1 radical (unpaired) electrons. The fraction of sp³-hybridized carbons (Fsp3) is 0.125. The van der Waals surface area contributed by atoms with Crippen molar-refractivity contribution in [2.45, 2.75) is 13.2 Å². The van der Waals surface area contributed by atoms with Gasteiger partial charge in [0.05, 0.1) is 24.6 Å². The zero-order valence-corrected chi connectivity index (χ0v) is 16.5. The number of hydrogen-bond donors (Lipinski definition) is 4. The minimum atomic E-state index is -1.83. The number of carbonyl (C=O) groups excluding carboxylic acids is 3. The molecule has 0 bridgehead atoms. The molecule has 0 unspecified atom stereocenters. The molecule has 149 valence electrons. The summed E-state index contributed by atoms with van der Waals surface area (Å²) in [5.41, 5.74) is 2.98. The van der Waals surface area contributed by atoms with E-state index in [0.717, 1.165) is 11.1 Å². The van der Waals surface area contributed by atoms with E-state index in [1.807, 2.05) is 0 Å². The molecule has 2 heterocycles. The van der Waals surface area contributed by atoms with Crippen LogP contribution in [-0.2, 0) is 48.0 Å². The third kappa shape index (κ3) is 16.4. The van der Waals surface area contributed by atoms with Crippen LogP contribution in [0.25, 0.3) is 11.4 Å². The van der Waals surface area contributed by atoms with Crippen molar-refractivity contribution in [1.29, 1.82) is 0 Å². The van der Waals surface area contributed by atoms with Crippen LogP contribution in [0, 0.1) is 0 Å². The molecule has 2 rings (SSSR count). The van der Waals surface area contributed by atoms with E-state index in [2.05, 4.69) is 30.3 Å². The van der Waals surface area contributed by atoms with Crippen molar-refractivity contribution < 1.29 is 60.0 Å². The first-order valence-corrected chi connectivity index (χ1v) is 6.31. The molecule has 11 heteroatoms. The van der Waals surface area contributed by atoms with Gasteiger partial charge in [0.15, 0.2) is 0 Å². The maximum Gasteiger partial charge on any atom is 0.503 e. The molecule has 0 atom stereocenters. The van der Waals surface area contributed by atoms with E-state index in [1.165, 1.54) is 0 Å². The van der Waals surface area contributed by atoms with Crippen LogP contribution >= 0.6 is 0 Å². The van der Waals surface area contributed by atoms with Crippen LogP contribution in [0.3, 0.4) is 0 Å². The predicted molar refractivity (Wildman–Crippen MR) is 90.2 cm³/mol. The number of carbonyl (C=O) groups is 1. The summed E-state index contributed by atoms with van der Waals surface area (Å²) in [6.07, 6.45) is 1.43. The van der Waals surface area contributed by atoms with Crippen LogP contribution in [0.5, 0.6) is 0 Å². The standard InChI is InChI=1S/C12H12N2O2.CH2O3.3CHO.Re/c15-7-9-1-3-13-11(5-9)12-6-10(8-16)2-4-14-12;2-1(3)4;3*1-2;/h1-6,15-16H,7-8H2;(H2,2,3,4);3*1H;/q;;3*-1;. The van der Waals surface area contributed by atoms with Crippen molar-refractivity contribution in [3.8, 4) is 11.4 Å². The molecule has 0 fully saturated rings. The molecule has 2 aromatic rings. The van der Waals surface area contributed by atoms with Crippen molar-refractivity contribution >= 4 is 26.5 Å². The van der Waals surface area contributed by atoms with Crippen molar-refractivity contribution in [3.05, 3.63) is 47.8 Å². The SMILES string of the molecule is O=C(O)O.OCc1ccnc(-c2cc(CO)ccn2)c1.[CH-]=O.[CH-]=O.[CH-]=O.[Re]. The number of carboxylic acid groups (broad SMARTS) is 2. The third-order valence-corrected chi connectivity index (χ3v) is 2.28. The number of aliphatic hydroxyl groups is 2. The van der Waals surface area contributed by atoms with Crippen LogP contribution in [0.2, 0.25) is 0 Å². The monoisotopic (exact) mass is 552 g/mol. The van der Waals surface area contributed by atoms with Crippen LogP contribution in [0.15, 0.2) is 36.7 Å². The Balaban J connectivity index is -0.000000207. The minimum absolute atomic E-state index is 0. The van der Waals surface area contributed by atoms with Gasteiger partial charge in [0.25, 0.3) is 0 Å². The molecular weight excluding hydrogens is 534 g/mol. The molecule has 0 aliphatic carbocycles. The first kappa shape index (κ1) is 31.9. The summed E-state index contributed by atoms with van der Waals surface area (Å²) in [6.45, 7) is 9.71. The number of hydrogen-bond acceptors (Lipinski definition) is 8. The van der Waals surface area contributed by atoms with Crippen molar-refractivity contribution in [1.82, 2.24) is 9.97 Å². The van der Waals surface area contributed by atoms with Crippen molar-refractivity contribution in [3.63, 3.8) is 0 Å². The van der Waals surface area contributed by atoms with Gasteiger partial charge in [0, 0.05) is 32.8 Å². The Hall–Kier alpha value is -2.84. The summed E-state index contributed by atoms with van der Waals surface area (Å²) < 4.78 is 0. The van der Waals surface area contributed by atoms with Crippen LogP contribution in [0.4, 0.5) is 4.79 Å². The van der Waals surface area contributed by atoms with Gasteiger partial charge in [-0.3, -0.25) is 30.3 Å². The van der Waals surface area contributed by atoms with Gasteiger partial charge < -0.3 is 34.8 Å². The summed E-state index contributed by atoms with van der Waals surface area (Å²) in [5.74, 6) is 0. The van der Waals surface area contributed by atoms with Crippen molar-refractivity contribution in [2.75, 3.05) is 0 Å². The van der Waals surface area contributed by atoms with Gasteiger partial charge in [-0.2, -0.15) is 0 Å². The van der Waals surface area contributed by atoms with Gasteiger partial charge in [0.1, 0.15) is 0 Å². The summed E-state index contributed by atoms with van der Waals surface area (Å²) in [4.78, 5) is 40.2. The normalized spacial score (nSPS) is 7.48. The maximum absolute atomic E-state index is 9.02. The van der Waals surface area contributed by atoms with E-state index in [-0.39, 0.29) is 33.6 Å². The maximum atomic E-state index is 9.02. The van der Waals surface area contributed by atoms with Gasteiger partial charge >= 0.3 is 6.16 Å². The molecule has 4 N–H and O–H groups in total. The molecule has 0 saturated heterocycles. The average molecular weight is 552 g/mol. The summed E-state index contributed by atoms with van der Waals surface area (Å²) in [5, 5.41) is 32.0. The first-order valence-electron chi connectivity index (χ1n) is 6.31. The smallest absolute Gasteiger partial charge is 0.503 e. The molecule has 0 amide bonds. The van der Waals surface area contributed by atoms with Gasteiger partial charge in [0.2, 0.25) is 0 Å². The van der Waals surface area contributed by atoms with Crippen molar-refractivity contribution in [2.24, 2.45) is 0 Å². The molecule has 2 aromatic heterocycles. The Morgan fingerprint density at radius 3 is 1.26 bits per heavy atom. The van der Waals surface area contributed by atoms with E-state index in [9.17, 15) is 0 Å². The minimum Gasteiger partial charge on any atom is -0.545 e. The fourth-order valence-corrected chi connectivity index (χ4v) is 1.43. The number of rotatable bonds is 3. The van der Waals surface area contributed by atoms with Crippen LogP contribution < -0.4 is 0 Å². The number of aromatic nitrogens is 2. The topological polar surface area (TPSA) is 175 Å². The second-order valence-corrected chi connectivity index (χ2v) is 3.70. The molecule has 27 heavy (non-hydrogen) atoms. The Morgan fingerprint density at radius 2 is 1.04 bits per heavy atom. The summed E-state index contributed by atoms with van der Waals surface area (Å²) >= 11 is 0. The second kappa shape index (κ2) is 23.2. The van der Waals surface area contributed by atoms with Crippen LogP contribution in [-0.4, -0.2) is 56.9 Å². The first-order chi connectivity index (χ1) is 12.6. The molecule has 0 aliphatic rings. The van der Waals surface area contributed by atoms with E-state index < -0.39 is 6.16 Å². The Bertz CT molecular complexity index is 577. The molecule has 0 aliphatic heterocycles. The quantitative estimate of drug-likeness (QED) is 0.311. The Labute approximate surface area is 169 Å². The van der Waals surface area contributed by atoms with Gasteiger partial charge in [-0.25, -0.2) is 4.79 Å². The Morgan fingerprint density at radius 1 is 0.778 bits per heavy atom. The molecule has 0 spiro atoms. The average Bonchev–Trinajstić information content (AvgIpc) is 2.72.